The first-order valence-corrected chi connectivity index (χ1v) is 13.7. The Bertz CT molecular complexity index is 1500. The van der Waals surface area contributed by atoms with Gasteiger partial charge in [-0.1, -0.05) is 11.6 Å². The normalized spacial score (nSPS) is 21.2. The van der Waals surface area contributed by atoms with Crippen molar-refractivity contribution in [1.29, 1.82) is 0 Å². The first kappa shape index (κ1) is 25.7. The highest BCUT2D eigenvalue weighted by atomic mass is 35.5. The zero-order valence-corrected chi connectivity index (χ0v) is 22.9. The first-order valence-electron chi connectivity index (χ1n) is 13.3. The van der Waals surface area contributed by atoms with Crippen LogP contribution in [0.15, 0.2) is 30.5 Å². The van der Waals surface area contributed by atoms with Crippen molar-refractivity contribution in [3.63, 3.8) is 0 Å². The van der Waals surface area contributed by atoms with Gasteiger partial charge in [0.1, 0.15) is 17.1 Å². The molecule has 1 aromatic carbocycles. The van der Waals surface area contributed by atoms with Gasteiger partial charge in [0.25, 0.3) is 0 Å². The quantitative estimate of drug-likeness (QED) is 0.466. The van der Waals surface area contributed by atoms with Gasteiger partial charge in [0.15, 0.2) is 5.82 Å². The number of aromatic nitrogens is 5. The van der Waals surface area contributed by atoms with E-state index >= 15 is 0 Å². The van der Waals surface area contributed by atoms with E-state index in [-0.39, 0.29) is 23.2 Å². The van der Waals surface area contributed by atoms with E-state index in [1.165, 1.54) is 0 Å². The summed E-state index contributed by atoms with van der Waals surface area (Å²) < 4.78 is 41.4. The second-order valence-corrected chi connectivity index (χ2v) is 12.3. The number of hydrogen-bond acceptors (Lipinski definition) is 7. The molecule has 1 amide bonds. The molecular formula is C27H28ClF3N8O. The van der Waals surface area contributed by atoms with Crippen LogP contribution in [-0.4, -0.2) is 73.2 Å². The van der Waals surface area contributed by atoms with Crippen molar-refractivity contribution in [3.05, 3.63) is 58.4 Å². The summed E-state index contributed by atoms with van der Waals surface area (Å²) in [5, 5.41) is 9.87. The summed E-state index contributed by atoms with van der Waals surface area (Å²) in [5.41, 5.74) is 0.541. The van der Waals surface area contributed by atoms with Crippen LogP contribution in [0.25, 0.3) is 5.69 Å². The summed E-state index contributed by atoms with van der Waals surface area (Å²) in [6.07, 6.45) is -0.0127. The van der Waals surface area contributed by atoms with Crippen molar-refractivity contribution in [3.8, 4) is 5.69 Å². The number of rotatable bonds is 4. The fourth-order valence-corrected chi connectivity index (χ4v) is 6.98. The van der Waals surface area contributed by atoms with E-state index in [1.807, 2.05) is 23.1 Å². The number of nitrogens with zero attached hydrogens (tertiary/aromatic N) is 8. The SMILES string of the molecule is CN(C)C(=O)C1(N2Cc3cc(Cl)ccc3-n3c(nnc3C3CC4(C3)CN(c3nccc(C(F)(F)F)n3)C4)C2)CC1. The Morgan fingerprint density at radius 2 is 1.85 bits per heavy atom. The third kappa shape index (κ3) is 3.98. The molecule has 4 heterocycles. The molecule has 0 atom stereocenters. The maximum atomic E-state index is 13.2. The van der Waals surface area contributed by atoms with E-state index in [9.17, 15) is 18.0 Å². The van der Waals surface area contributed by atoms with Crippen LogP contribution in [0.5, 0.6) is 0 Å². The summed E-state index contributed by atoms with van der Waals surface area (Å²) in [6, 6.07) is 6.71. The van der Waals surface area contributed by atoms with E-state index < -0.39 is 17.4 Å². The Morgan fingerprint density at radius 1 is 1.10 bits per heavy atom. The summed E-state index contributed by atoms with van der Waals surface area (Å²) in [5.74, 6) is 2.06. The second-order valence-electron chi connectivity index (χ2n) is 11.9. The largest absolute Gasteiger partial charge is 0.433 e. The smallest absolute Gasteiger partial charge is 0.347 e. The van der Waals surface area contributed by atoms with Crippen LogP contribution in [0.4, 0.5) is 19.1 Å². The zero-order chi connectivity index (χ0) is 28.0. The lowest BCUT2D eigenvalue weighted by molar-refractivity contribution is -0.141. The Hall–Kier alpha value is -3.25. The van der Waals surface area contributed by atoms with Gasteiger partial charge >= 0.3 is 6.18 Å². The minimum atomic E-state index is -4.50. The van der Waals surface area contributed by atoms with Crippen LogP contribution in [-0.2, 0) is 24.1 Å². The Kier molecular flexibility index (Phi) is 5.54. The predicted molar refractivity (Wildman–Crippen MR) is 140 cm³/mol. The monoisotopic (exact) mass is 572 g/mol. The highest BCUT2D eigenvalue weighted by molar-refractivity contribution is 6.30. The summed E-state index contributed by atoms with van der Waals surface area (Å²) >= 11 is 6.41. The number of hydrogen-bond donors (Lipinski definition) is 0. The fraction of sp³-hybridized carbons (Fsp3) is 0.519. The molecule has 2 saturated carbocycles. The molecule has 4 aliphatic rings. The standard InChI is InChI=1S/C27H28ClF3N8O/c1-36(2)23(40)26(6-7-26)38-12-16-9-18(28)3-4-19(16)39-21(13-38)34-35-22(39)17-10-25(11-17)14-37(15-25)24-32-8-5-20(33-24)27(29,30)31/h3-5,8-9,17H,6-7,10-15H2,1-2H3. The summed E-state index contributed by atoms with van der Waals surface area (Å²) in [4.78, 5) is 26.6. The van der Waals surface area contributed by atoms with E-state index in [2.05, 4.69) is 29.6 Å². The number of carbonyl (C=O) groups excluding carboxylic acids is 1. The van der Waals surface area contributed by atoms with Crippen LogP contribution in [0.1, 0.15) is 54.5 Å². The van der Waals surface area contributed by atoms with Crippen molar-refractivity contribution < 1.29 is 18.0 Å². The van der Waals surface area contributed by atoms with Crippen LogP contribution in [0.2, 0.25) is 5.02 Å². The summed E-state index contributed by atoms with van der Waals surface area (Å²) in [6.45, 7) is 2.30. The van der Waals surface area contributed by atoms with E-state index in [1.54, 1.807) is 19.0 Å². The molecule has 13 heteroatoms. The highest BCUT2D eigenvalue weighted by Crippen LogP contribution is 2.57. The lowest BCUT2D eigenvalue weighted by Crippen LogP contribution is -2.62. The number of benzene rings is 1. The number of halogens is 4. The Balaban J connectivity index is 1.13. The van der Waals surface area contributed by atoms with E-state index in [0.717, 1.165) is 60.8 Å². The molecule has 40 heavy (non-hydrogen) atoms. The third-order valence-electron chi connectivity index (χ3n) is 8.86. The average molecular weight is 573 g/mol. The van der Waals surface area contributed by atoms with Gasteiger partial charge in [-0.25, -0.2) is 9.97 Å². The topological polar surface area (TPSA) is 83.3 Å². The number of likely N-dealkylation sites (N-methyl/N-ethyl adjacent to an activating group) is 1. The number of carbonyl (C=O) groups is 1. The molecule has 0 unspecified atom stereocenters. The van der Waals surface area contributed by atoms with Crippen molar-refractivity contribution >= 4 is 23.5 Å². The van der Waals surface area contributed by atoms with E-state index in [0.29, 0.717) is 31.2 Å². The van der Waals surface area contributed by atoms with Gasteiger partial charge in [0, 0.05) is 56.3 Å². The Morgan fingerprint density at radius 3 is 2.52 bits per heavy atom. The molecule has 9 nitrogen and oxygen atoms in total. The molecular weight excluding hydrogens is 545 g/mol. The minimum Gasteiger partial charge on any atom is -0.347 e. The molecule has 0 N–H and O–H groups in total. The number of alkyl halides is 3. The number of anilines is 1. The fourth-order valence-electron chi connectivity index (χ4n) is 6.78. The predicted octanol–water partition coefficient (Wildman–Crippen LogP) is 4.05. The van der Waals surface area contributed by atoms with Gasteiger partial charge in [-0.05, 0) is 55.5 Å². The van der Waals surface area contributed by atoms with Gasteiger partial charge in [0.2, 0.25) is 11.9 Å². The maximum absolute atomic E-state index is 13.2. The average Bonchev–Trinajstić information content (AvgIpc) is 3.60. The highest BCUT2D eigenvalue weighted by Gasteiger charge is 2.57. The molecule has 210 valence electrons. The molecule has 0 bridgehead atoms. The van der Waals surface area contributed by atoms with E-state index in [4.69, 9.17) is 11.6 Å². The molecule has 3 aromatic rings. The van der Waals surface area contributed by atoms with Crippen LogP contribution in [0, 0.1) is 5.41 Å². The van der Waals surface area contributed by atoms with Crippen LogP contribution >= 0.6 is 11.6 Å². The molecule has 1 spiro atoms. The summed E-state index contributed by atoms with van der Waals surface area (Å²) in [7, 11) is 3.58. The first-order chi connectivity index (χ1) is 19.0. The van der Waals surface area contributed by atoms with Gasteiger partial charge in [-0.15, -0.1) is 10.2 Å². The Labute approximate surface area is 234 Å². The molecule has 2 aromatic heterocycles. The minimum absolute atomic E-state index is 0.00441. The van der Waals surface area contributed by atoms with Crippen LogP contribution < -0.4 is 4.90 Å². The van der Waals surface area contributed by atoms with Gasteiger partial charge in [0.05, 0.1) is 12.2 Å². The molecule has 2 aliphatic carbocycles. The molecule has 1 saturated heterocycles. The van der Waals surface area contributed by atoms with Crippen molar-refractivity contribution in [2.45, 2.75) is 56.4 Å². The van der Waals surface area contributed by atoms with Crippen LogP contribution in [0.3, 0.4) is 0 Å². The third-order valence-corrected chi connectivity index (χ3v) is 9.09. The number of amides is 1. The van der Waals surface area contributed by atoms with Crippen molar-refractivity contribution in [2.24, 2.45) is 5.41 Å². The number of fused-ring (bicyclic) bond motifs is 3. The van der Waals surface area contributed by atoms with Gasteiger partial charge < -0.3 is 9.80 Å². The van der Waals surface area contributed by atoms with Gasteiger partial charge in [-0.2, -0.15) is 13.2 Å². The maximum Gasteiger partial charge on any atom is 0.433 e. The second kappa shape index (κ2) is 8.62. The zero-order valence-electron chi connectivity index (χ0n) is 22.1. The van der Waals surface area contributed by atoms with Gasteiger partial charge in [-0.3, -0.25) is 14.3 Å². The molecule has 3 fully saturated rings. The van der Waals surface area contributed by atoms with Crippen molar-refractivity contribution in [1.82, 2.24) is 34.5 Å². The molecule has 2 aliphatic heterocycles. The van der Waals surface area contributed by atoms with Crippen molar-refractivity contribution in [2.75, 3.05) is 32.1 Å². The molecule has 7 rings (SSSR count). The lowest BCUT2D eigenvalue weighted by Gasteiger charge is -2.58. The molecule has 0 radical (unpaired) electrons. The lowest BCUT2D eigenvalue weighted by atomic mass is 9.57.